The lowest BCUT2D eigenvalue weighted by Gasteiger charge is -2.33. The molecule has 6 nitrogen and oxygen atoms in total. The summed E-state index contributed by atoms with van der Waals surface area (Å²) in [5, 5.41) is 3.49. The summed E-state index contributed by atoms with van der Waals surface area (Å²) in [5.74, 6) is 2.60. The number of likely N-dealkylation sites (tertiary alicyclic amines) is 1. The van der Waals surface area contributed by atoms with Gasteiger partial charge in [-0.05, 0) is 56.9 Å². The summed E-state index contributed by atoms with van der Waals surface area (Å²) in [6, 6.07) is 3.86. The summed E-state index contributed by atoms with van der Waals surface area (Å²) in [7, 11) is 2.15. The highest BCUT2D eigenvalue weighted by Crippen LogP contribution is 2.28. The summed E-state index contributed by atoms with van der Waals surface area (Å²) in [6.07, 6.45) is 4.04. The minimum absolute atomic E-state index is 0.172. The number of carbonyl (C=O) groups excluding carboxylic acids is 1. The van der Waals surface area contributed by atoms with Crippen LogP contribution in [-0.4, -0.2) is 80.1 Å². The molecule has 3 aliphatic heterocycles. The van der Waals surface area contributed by atoms with Crippen molar-refractivity contribution in [1.82, 2.24) is 20.1 Å². The first-order valence-electron chi connectivity index (χ1n) is 9.60. The van der Waals surface area contributed by atoms with E-state index in [1.54, 1.807) is 6.20 Å². The molecular formula is C19H29N5O. The van der Waals surface area contributed by atoms with Crippen LogP contribution >= 0.6 is 0 Å². The Morgan fingerprint density at radius 3 is 2.44 bits per heavy atom. The van der Waals surface area contributed by atoms with Gasteiger partial charge in [-0.25, -0.2) is 4.98 Å². The van der Waals surface area contributed by atoms with Gasteiger partial charge < -0.3 is 20.0 Å². The summed E-state index contributed by atoms with van der Waals surface area (Å²) in [6.45, 7) is 8.04. The smallest absolute Gasteiger partial charge is 0.254 e. The van der Waals surface area contributed by atoms with E-state index in [9.17, 15) is 4.79 Å². The van der Waals surface area contributed by atoms with Crippen LogP contribution in [0.4, 0.5) is 5.82 Å². The van der Waals surface area contributed by atoms with Crippen molar-refractivity contribution in [3.05, 3.63) is 23.9 Å². The van der Waals surface area contributed by atoms with Crippen molar-refractivity contribution in [2.45, 2.75) is 12.8 Å². The fourth-order valence-corrected chi connectivity index (χ4v) is 4.36. The number of amides is 1. The molecule has 0 unspecified atom stereocenters. The molecule has 2 atom stereocenters. The van der Waals surface area contributed by atoms with Crippen molar-refractivity contribution in [2.75, 3.05) is 64.3 Å². The van der Waals surface area contributed by atoms with Gasteiger partial charge in [0.1, 0.15) is 5.82 Å². The van der Waals surface area contributed by atoms with Crippen LogP contribution in [-0.2, 0) is 0 Å². The molecule has 6 heteroatoms. The van der Waals surface area contributed by atoms with E-state index in [2.05, 4.69) is 32.0 Å². The van der Waals surface area contributed by atoms with Crippen LogP contribution in [0.1, 0.15) is 23.2 Å². The third-order valence-electron chi connectivity index (χ3n) is 6.13. The second-order valence-corrected chi connectivity index (χ2v) is 7.74. The summed E-state index contributed by atoms with van der Waals surface area (Å²) < 4.78 is 0. The van der Waals surface area contributed by atoms with Crippen molar-refractivity contribution in [3.8, 4) is 0 Å². The molecule has 0 bridgehead atoms. The third-order valence-corrected chi connectivity index (χ3v) is 6.13. The number of likely N-dealkylation sites (N-methyl/N-ethyl adjacent to an activating group) is 1. The summed E-state index contributed by atoms with van der Waals surface area (Å²) in [4.78, 5) is 24.2. The molecule has 0 spiro atoms. The van der Waals surface area contributed by atoms with E-state index in [1.165, 1.54) is 0 Å². The number of nitrogens with zero attached hydrogens (tertiary/aromatic N) is 4. The second-order valence-electron chi connectivity index (χ2n) is 7.74. The Kier molecular flexibility index (Phi) is 4.90. The number of pyridine rings is 1. The maximum absolute atomic E-state index is 13.0. The van der Waals surface area contributed by atoms with Crippen LogP contribution in [0.5, 0.6) is 0 Å². The number of nitrogens with one attached hydrogen (secondary N) is 1. The SMILES string of the molecule is CN1CCN(c2cc(C(=O)N3CC[C@@H]4CNC[C@@H]4CC3)ccn2)CC1. The fraction of sp³-hybridized carbons (Fsp3) is 0.684. The van der Waals surface area contributed by atoms with Crippen LogP contribution < -0.4 is 10.2 Å². The summed E-state index contributed by atoms with van der Waals surface area (Å²) >= 11 is 0. The number of rotatable bonds is 2. The highest BCUT2D eigenvalue weighted by atomic mass is 16.2. The van der Waals surface area contributed by atoms with Gasteiger partial charge in [0, 0.05) is 51.0 Å². The van der Waals surface area contributed by atoms with Crippen LogP contribution in [0.15, 0.2) is 18.3 Å². The van der Waals surface area contributed by atoms with E-state index >= 15 is 0 Å². The molecular weight excluding hydrogens is 314 g/mol. The van der Waals surface area contributed by atoms with Crippen LogP contribution in [0.3, 0.4) is 0 Å². The van der Waals surface area contributed by atoms with Crippen molar-refractivity contribution in [1.29, 1.82) is 0 Å². The van der Waals surface area contributed by atoms with Gasteiger partial charge in [0.05, 0.1) is 0 Å². The number of piperazine rings is 1. The van der Waals surface area contributed by atoms with Crippen LogP contribution in [0.2, 0.25) is 0 Å². The van der Waals surface area contributed by atoms with E-state index in [4.69, 9.17) is 0 Å². The number of carbonyl (C=O) groups is 1. The zero-order valence-corrected chi connectivity index (χ0v) is 15.2. The molecule has 0 saturated carbocycles. The molecule has 1 amide bonds. The zero-order chi connectivity index (χ0) is 17.2. The van der Waals surface area contributed by atoms with E-state index in [0.29, 0.717) is 0 Å². The van der Waals surface area contributed by atoms with E-state index in [0.717, 1.165) is 88.4 Å². The number of fused-ring (bicyclic) bond motifs is 1. The number of anilines is 1. The lowest BCUT2D eigenvalue weighted by atomic mass is 9.92. The average Bonchev–Trinajstić information content (AvgIpc) is 3.00. The lowest BCUT2D eigenvalue weighted by molar-refractivity contribution is 0.0758. The topological polar surface area (TPSA) is 51.7 Å². The molecule has 0 aliphatic carbocycles. The highest BCUT2D eigenvalue weighted by molar-refractivity contribution is 5.94. The Hall–Kier alpha value is -1.66. The molecule has 0 radical (unpaired) electrons. The van der Waals surface area contributed by atoms with Crippen molar-refractivity contribution >= 4 is 11.7 Å². The van der Waals surface area contributed by atoms with Gasteiger partial charge in [-0.1, -0.05) is 0 Å². The molecule has 3 fully saturated rings. The second kappa shape index (κ2) is 7.30. The van der Waals surface area contributed by atoms with Crippen LogP contribution in [0, 0.1) is 11.8 Å². The Labute approximate surface area is 150 Å². The molecule has 3 aliphatic rings. The van der Waals surface area contributed by atoms with Gasteiger partial charge in [-0.15, -0.1) is 0 Å². The number of aromatic nitrogens is 1. The van der Waals surface area contributed by atoms with Crippen LogP contribution in [0.25, 0.3) is 0 Å². The minimum atomic E-state index is 0.172. The Bertz CT molecular complexity index is 600. The van der Waals surface area contributed by atoms with Gasteiger partial charge in [0.15, 0.2) is 0 Å². The molecule has 1 N–H and O–H groups in total. The molecule has 1 aromatic rings. The largest absolute Gasteiger partial charge is 0.354 e. The van der Waals surface area contributed by atoms with Gasteiger partial charge in [0.25, 0.3) is 5.91 Å². The van der Waals surface area contributed by atoms with E-state index in [1.807, 2.05) is 12.1 Å². The molecule has 3 saturated heterocycles. The average molecular weight is 343 g/mol. The van der Waals surface area contributed by atoms with Gasteiger partial charge in [-0.2, -0.15) is 0 Å². The zero-order valence-electron chi connectivity index (χ0n) is 15.2. The van der Waals surface area contributed by atoms with Gasteiger partial charge >= 0.3 is 0 Å². The van der Waals surface area contributed by atoms with Gasteiger partial charge in [0.2, 0.25) is 0 Å². The molecule has 1 aromatic heterocycles. The quantitative estimate of drug-likeness (QED) is 0.865. The maximum Gasteiger partial charge on any atom is 0.254 e. The monoisotopic (exact) mass is 343 g/mol. The molecule has 0 aromatic carbocycles. The number of hydrogen-bond donors (Lipinski definition) is 1. The Morgan fingerprint density at radius 1 is 1.08 bits per heavy atom. The standard InChI is InChI=1S/C19H29N5O/c1-22-8-10-23(11-9-22)18-12-15(2-5-21-18)19(25)24-6-3-16-13-20-14-17(16)4-7-24/h2,5,12,16-17,20H,3-4,6-11,13-14H2,1H3/t16-,17+. The Balaban J connectivity index is 1.44. The minimum Gasteiger partial charge on any atom is -0.354 e. The van der Waals surface area contributed by atoms with Crippen molar-refractivity contribution in [2.24, 2.45) is 11.8 Å². The summed E-state index contributed by atoms with van der Waals surface area (Å²) in [5.41, 5.74) is 0.786. The normalized spacial score (nSPS) is 27.9. The van der Waals surface area contributed by atoms with Crippen molar-refractivity contribution < 1.29 is 4.79 Å². The van der Waals surface area contributed by atoms with Crippen molar-refractivity contribution in [3.63, 3.8) is 0 Å². The molecule has 25 heavy (non-hydrogen) atoms. The molecule has 136 valence electrons. The maximum atomic E-state index is 13.0. The predicted molar refractivity (Wildman–Crippen MR) is 98.9 cm³/mol. The first kappa shape index (κ1) is 16.8. The first-order valence-corrected chi connectivity index (χ1v) is 9.60. The lowest BCUT2D eigenvalue weighted by Crippen LogP contribution is -2.44. The Morgan fingerprint density at radius 2 is 1.76 bits per heavy atom. The first-order chi connectivity index (χ1) is 12.2. The molecule has 4 heterocycles. The van der Waals surface area contributed by atoms with Gasteiger partial charge in [-0.3, -0.25) is 4.79 Å². The fourth-order valence-electron chi connectivity index (χ4n) is 4.36. The van der Waals surface area contributed by atoms with E-state index in [-0.39, 0.29) is 5.91 Å². The highest BCUT2D eigenvalue weighted by Gasteiger charge is 2.31. The molecule has 4 rings (SSSR count). The predicted octanol–water partition coefficient (Wildman–Crippen LogP) is 0.905. The number of hydrogen-bond acceptors (Lipinski definition) is 5. The van der Waals surface area contributed by atoms with E-state index < -0.39 is 0 Å². The third kappa shape index (κ3) is 3.65.